The molecule has 12 heteroatoms. The van der Waals surface area contributed by atoms with Gasteiger partial charge in [-0.05, 0) is 43.5 Å². The second kappa shape index (κ2) is 10.6. The molecule has 1 aromatic carbocycles. The molecule has 1 saturated heterocycles. The van der Waals surface area contributed by atoms with Gasteiger partial charge in [0.05, 0.1) is 12.0 Å². The van der Waals surface area contributed by atoms with E-state index in [1.165, 1.54) is 37.3 Å². The monoisotopic (exact) mass is 525 g/mol. The summed E-state index contributed by atoms with van der Waals surface area (Å²) in [5, 5.41) is 2.65. The number of hydrogen-bond acceptors (Lipinski definition) is 6. The van der Waals surface area contributed by atoms with Crippen LogP contribution >= 0.6 is 0 Å². The van der Waals surface area contributed by atoms with Gasteiger partial charge in [0.15, 0.2) is 0 Å². The Labute approximate surface area is 218 Å². The standard InChI is InChI=1S/C26H29F2N7O3/c1-5-19(16-6-7-18(27)14(2)21(16)28)32-26(38)35-22(24(37)34(4)25-31-10-11-33(25)3)17(23(35)36)12-15-8-9-30-20(29)13-15/h6-11,13,17,19,22H,5,12H2,1-4H3,(H2,29,30)(H,32,38)/t17-,19?,22+/m1/s1. The van der Waals surface area contributed by atoms with Crippen LogP contribution in [0.3, 0.4) is 0 Å². The van der Waals surface area contributed by atoms with Gasteiger partial charge in [-0.1, -0.05) is 13.0 Å². The predicted molar refractivity (Wildman–Crippen MR) is 136 cm³/mol. The number of imide groups is 1. The molecular weight excluding hydrogens is 496 g/mol. The van der Waals surface area contributed by atoms with Crippen molar-refractivity contribution in [2.24, 2.45) is 13.0 Å². The lowest BCUT2D eigenvalue weighted by molar-refractivity contribution is -0.156. The number of urea groups is 1. The predicted octanol–water partition coefficient (Wildman–Crippen LogP) is 2.88. The summed E-state index contributed by atoms with van der Waals surface area (Å²) in [6.45, 7) is 3.02. The Kier molecular flexibility index (Phi) is 7.42. The number of nitrogens with two attached hydrogens (primary N) is 1. The number of hydrogen-bond donors (Lipinski definition) is 2. The minimum atomic E-state index is -1.14. The zero-order chi connectivity index (χ0) is 27.7. The number of aromatic nitrogens is 3. The first-order valence-corrected chi connectivity index (χ1v) is 12.1. The molecule has 0 bridgehead atoms. The van der Waals surface area contributed by atoms with Crippen molar-refractivity contribution < 1.29 is 23.2 Å². The van der Waals surface area contributed by atoms with Gasteiger partial charge in [0.25, 0.3) is 5.91 Å². The second-order valence-electron chi connectivity index (χ2n) is 9.27. The van der Waals surface area contributed by atoms with Crippen LogP contribution in [0.4, 0.5) is 25.3 Å². The van der Waals surface area contributed by atoms with E-state index in [9.17, 15) is 23.2 Å². The van der Waals surface area contributed by atoms with E-state index in [0.717, 1.165) is 11.0 Å². The zero-order valence-electron chi connectivity index (χ0n) is 21.5. The van der Waals surface area contributed by atoms with Crippen LogP contribution in [0.25, 0.3) is 0 Å². The fraction of sp³-hybridized carbons (Fsp3) is 0.346. The quantitative estimate of drug-likeness (QED) is 0.457. The van der Waals surface area contributed by atoms with Gasteiger partial charge in [-0.2, -0.15) is 0 Å². The number of nitrogen functional groups attached to an aromatic ring is 1. The van der Waals surface area contributed by atoms with Gasteiger partial charge in [-0.15, -0.1) is 0 Å². The third-order valence-corrected chi connectivity index (χ3v) is 6.84. The summed E-state index contributed by atoms with van der Waals surface area (Å²) in [5.74, 6) is -2.80. The van der Waals surface area contributed by atoms with E-state index in [2.05, 4.69) is 15.3 Å². The molecule has 38 heavy (non-hydrogen) atoms. The van der Waals surface area contributed by atoms with Gasteiger partial charge >= 0.3 is 6.03 Å². The van der Waals surface area contributed by atoms with E-state index in [0.29, 0.717) is 11.5 Å². The molecule has 3 N–H and O–H groups in total. The number of anilines is 2. The highest BCUT2D eigenvalue weighted by atomic mass is 19.1. The molecule has 1 unspecified atom stereocenters. The number of likely N-dealkylation sites (N-methyl/N-ethyl adjacent to an activating group) is 1. The molecule has 1 aliphatic rings. The normalized spacial score (nSPS) is 17.6. The number of rotatable bonds is 7. The van der Waals surface area contributed by atoms with Crippen molar-refractivity contribution in [2.45, 2.75) is 38.8 Å². The lowest BCUT2D eigenvalue weighted by atomic mass is 9.81. The lowest BCUT2D eigenvalue weighted by Crippen LogP contribution is -2.70. The maximum atomic E-state index is 14.8. The van der Waals surface area contributed by atoms with Crippen LogP contribution in [0.5, 0.6) is 0 Å². The van der Waals surface area contributed by atoms with Crippen molar-refractivity contribution in [3.05, 3.63) is 71.2 Å². The zero-order valence-corrected chi connectivity index (χ0v) is 21.5. The van der Waals surface area contributed by atoms with Crippen LogP contribution in [0.2, 0.25) is 0 Å². The summed E-state index contributed by atoms with van der Waals surface area (Å²) < 4.78 is 30.2. The molecule has 3 heterocycles. The van der Waals surface area contributed by atoms with Crippen molar-refractivity contribution in [1.29, 1.82) is 0 Å². The summed E-state index contributed by atoms with van der Waals surface area (Å²) >= 11 is 0. The summed E-state index contributed by atoms with van der Waals surface area (Å²) in [4.78, 5) is 50.5. The van der Waals surface area contributed by atoms with E-state index < -0.39 is 47.5 Å². The number of carbonyl (C=O) groups excluding carboxylic acids is 3. The van der Waals surface area contributed by atoms with Crippen molar-refractivity contribution in [3.8, 4) is 0 Å². The molecule has 200 valence electrons. The van der Waals surface area contributed by atoms with Crippen LogP contribution in [0, 0.1) is 24.5 Å². The van der Waals surface area contributed by atoms with Crippen molar-refractivity contribution >= 4 is 29.6 Å². The number of carbonyl (C=O) groups is 3. The first-order valence-electron chi connectivity index (χ1n) is 12.1. The molecule has 1 fully saturated rings. The minimum absolute atomic E-state index is 0.0875. The lowest BCUT2D eigenvalue weighted by Gasteiger charge is -2.45. The topological polar surface area (TPSA) is 126 Å². The number of imidazole rings is 1. The number of likely N-dealkylation sites (tertiary alicyclic amines) is 1. The van der Waals surface area contributed by atoms with Crippen molar-refractivity contribution in [1.82, 2.24) is 24.8 Å². The van der Waals surface area contributed by atoms with Crippen LogP contribution in [0.1, 0.15) is 36.1 Å². The average Bonchev–Trinajstić information content (AvgIpc) is 3.32. The summed E-state index contributed by atoms with van der Waals surface area (Å²) in [6.07, 6.45) is 5.11. The Bertz CT molecular complexity index is 1390. The number of amides is 4. The maximum Gasteiger partial charge on any atom is 0.325 e. The first kappa shape index (κ1) is 26.7. The molecule has 0 spiro atoms. The third-order valence-electron chi connectivity index (χ3n) is 6.84. The number of aryl methyl sites for hydroxylation is 1. The molecule has 0 saturated carbocycles. The van der Waals surface area contributed by atoms with Crippen LogP contribution in [-0.2, 0) is 23.1 Å². The van der Waals surface area contributed by atoms with E-state index >= 15 is 0 Å². The fourth-order valence-corrected chi connectivity index (χ4v) is 4.68. The van der Waals surface area contributed by atoms with Crippen molar-refractivity contribution in [2.75, 3.05) is 17.7 Å². The summed E-state index contributed by atoms with van der Waals surface area (Å²) in [5.41, 5.74) is 6.38. The highest BCUT2D eigenvalue weighted by molar-refractivity contribution is 6.12. The fourth-order valence-electron chi connectivity index (χ4n) is 4.68. The van der Waals surface area contributed by atoms with Gasteiger partial charge in [-0.3, -0.25) is 19.4 Å². The highest BCUT2D eigenvalue weighted by Gasteiger charge is 2.55. The van der Waals surface area contributed by atoms with Crippen LogP contribution < -0.4 is 16.0 Å². The number of nitrogens with one attached hydrogen (secondary N) is 1. The molecule has 4 rings (SSSR count). The molecule has 0 aliphatic carbocycles. The molecule has 3 atom stereocenters. The Morgan fingerprint density at radius 3 is 2.58 bits per heavy atom. The summed E-state index contributed by atoms with van der Waals surface area (Å²) in [7, 11) is 3.22. The average molecular weight is 526 g/mol. The van der Waals surface area contributed by atoms with Gasteiger partial charge in [0.2, 0.25) is 11.9 Å². The molecule has 0 radical (unpaired) electrons. The van der Waals surface area contributed by atoms with Crippen LogP contribution in [0.15, 0.2) is 42.9 Å². The molecule has 3 aromatic rings. The van der Waals surface area contributed by atoms with Gasteiger partial charge in [-0.25, -0.2) is 23.5 Å². The molecule has 4 amide bonds. The number of nitrogens with zero attached hydrogens (tertiary/aromatic N) is 5. The smallest absolute Gasteiger partial charge is 0.325 e. The van der Waals surface area contributed by atoms with Gasteiger partial charge < -0.3 is 15.6 Å². The van der Waals surface area contributed by atoms with Crippen molar-refractivity contribution in [3.63, 3.8) is 0 Å². The summed E-state index contributed by atoms with van der Waals surface area (Å²) in [6, 6.07) is 2.84. The first-order chi connectivity index (χ1) is 18.0. The van der Waals surface area contributed by atoms with E-state index in [1.54, 1.807) is 36.9 Å². The largest absolute Gasteiger partial charge is 0.384 e. The SMILES string of the molecule is CCC(NC(=O)N1C(=O)[C@H](Cc2ccnc(N)c2)[C@H]1C(=O)N(C)c1nccn1C)c1ccc(F)c(C)c1F. The number of benzene rings is 1. The molecule has 10 nitrogen and oxygen atoms in total. The maximum absolute atomic E-state index is 14.8. The highest BCUT2D eigenvalue weighted by Crippen LogP contribution is 2.33. The number of pyridine rings is 1. The Hall–Kier alpha value is -4.35. The minimum Gasteiger partial charge on any atom is -0.384 e. The van der Waals surface area contributed by atoms with E-state index in [4.69, 9.17) is 5.73 Å². The van der Waals surface area contributed by atoms with Crippen LogP contribution in [-0.4, -0.2) is 50.4 Å². The Balaban J connectivity index is 1.63. The number of β-lactam (4-membered cyclic amide) rings is 1. The van der Waals surface area contributed by atoms with E-state index in [1.807, 2.05) is 0 Å². The molecule has 1 aliphatic heterocycles. The van der Waals surface area contributed by atoms with E-state index in [-0.39, 0.29) is 29.8 Å². The van der Waals surface area contributed by atoms with Gasteiger partial charge in [0.1, 0.15) is 23.5 Å². The second-order valence-corrected chi connectivity index (χ2v) is 9.27. The Morgan fingerprint density at radius 2 is 1.95 bits per heavy atom. The molecule has 2 aromatic heterocycles. The third kappa shape index (κ3) is 4.81. The molecular formula is C26H29F2N7O3. The van der Waals surface area contributed by atoms with Gasteiger partial charge in [0, 0.05) is 43.8 Å². The number of halogens is 2. The Morgan fingerprint density at radius 1 is 1.21 bits per heavy atom.